The van der Waals surface area contributed by atoms with E-state index in [0.717, 1.165) is 37.1 Å². The van der Waals surface area contributed by atoms with Gasteiger partial charge in [-0.25, -0.2) is 9.97 Å². The first kappa shape index (κ1) is 19.1. The SMILES string of the molecule is CCc1cnc(OC2CCCN(C(=O)c3ccc(OC(C)C)cc3)C2)nc1. The number of hydrogen-bond donors (Lipinski definition) is 0. The average Bonchev–Trinajstić information content (AvgIpc) is 2.68. The van der Waals surface area contributed by atoms with E-state index in [9.17, 15) is 4.79 Å². The van der Waals surface area contributed by atoms with Crippen LogP contribution in [0.1, 0.15) is 49.5 Å². The van der Waals surface area contributed by atoms with E-state index in [1.54, 1.807) is 12.4 Å². The maximum Gasteiger partial charge on any atom is 0.316 e. The number of aryl methyl sites for hydroxylation is 1. The van der Waals surface area contributed by atoms with Crippen LogP contribution in [0, 0.1) is 0 Å². The number of ether oxygens (including phenoxy) is 2. The molecule has 1 amide bonds. The van der Waals surface area contributed by atoms with Gasteiger partial charge in [0.2, 0.25) is 0 Å². The number of aromatic nitrogens is 2. The normalized spacial score (nSPS) is 17.0. The highest BCUT2D eigenvalue weighted by atomic mass is 16.5. The van der Waals surface area contributed by atoms with Crippen LogP contribution in [0.5, 0.6) is 11.8 Å². The van der Waals surface area contributed by atoms with Crippen molar-refractivity contribution in [3.05, 3.63) is 47.8 Å². The molecule has 1 fully saturated rings. The fraction of sp³-hybridized carbons (Fsp3) is 0.476. The zero-order chi connectivity index (χ0) is 19.2. The summed E-state index contributed by atoms with van der Waals surface area (Å²) >= 11 is 0. The molecule has 3 rings (SSSR count). The molecule has 0 bridgehead atoms. The molecular formula is C21H27N3O3. The first-order chi connectivity index (χ1) is 13.0. The average molecular weight is 369 g/mol. The van der Waals surface area contributed by atoms with Gasteiger partial charge < -0.3 is 14.4 Å². The second-order valence-electron chi connectivity index (χ2n) is 7.05. The number of carbonyl (C=O) groups is 1. The highest BCUT2D eigenvalue weighted by Gasteiger charge is 2.26. The minimum atomic E-state index is -0.0845. The van der Waals surface area contributed by atoms with Crippen LogP contribution in [0.4, 0.5) is 0 Å². The Morgan fingerprint density at radius 2 is 1.93 bits per heavy atom. The summed E-state index contributed by atoms with van der Waals surface area (Å²) < 4.78 is 11.5. The Hall–Kier alpha value is -2.63. The van der Waals surface area contributed by atoms with Crippen molar-refractivity contribution >= 4 is 5.91 Å². The van der Waals surface area contributed by atoms with E-state index in [4.69, 9.17) is 9.47 Å². The van der Waals surface area contributed by atoms with Crippen LogP contribution in [0.3, 0.4) is 0 Å². The van der Waals surface area contributed by atoms with Crippen LogP contribution in [0.2, 0.25) is 0 Å². The van der Waals surface area contributed by atoms with E-state index in [-0.39, 0.29) is 18.1 Å². The molecule has 2 heterocycles. The molecule has 1 aliphatic heterocycles. The van der Waals surface area contributed by atoms with Gasteiger partial charge in [0.15, 0.2) is 0 Å². The van der Waals surface area contributed by atoms with Crippen molar-refractivity contribution in [2.75, 3.05) is 13.1 Å². The quantitative estimate of drug-likeness (QED) is 0.780. The van der Waals surface area contributed by atoms with Gasteiger partial charge >= 0.3 is 6.01 Å². The van der Waals surface area contributed by atoms with Gasteiger partial charge in [0.05, 0.1) is 12.6 Å². The summed E-state index contributed by atoms with van der Waals surface area (Å²) in [4.78, 5) is 23.2. The Kier molecular flexibility index (Phi) is 6.27. The van der Waals surface area contributed by atoms with E-state index in [1.807, 2.05) is 43.0 Å². The number of benzene rings is 1. The van der Waals surface area contributed by atoms with Gasteiger partial charge in [0, 0.05) is 24.5 Å². The summed E-state index contributed by atoms with van der Waals surface area (Å²) in [6, 6.07) is 7.69. The zero-order valence-corrected chi connectivity index (χ0v) is 16.2. The third-order valence-corrected chi connectivity index (χ3v) is 4.50. The molecule has 0 aliphatic carbocycles. The van der Waals surface area contributed by atoms with Crippen LogP contribution in [0.25, 0.3) is 0 Å². The Balaban J connectivity index is 1.60. The number of nitrogens with zero attached hydrogens (tertiary/aromatic N) is 3. The number of rotatable bonds is 6. The molecule has 1 aromatic carbocycles. The largest absolute Gasteiger partial charge is 0.491 e. The minimum Gasteiger partial charge on any atom is -0.491 e. The molecule has 0 spiro atoms. The molecule has 1 saturated heterocycles. The fourth-order valence-electron chi connectivity index (χ4n) is 3.09. The lowest BCUT2D eigenvalue weighted by atomic mass is 10.1. The van der Waals surface area contributed by atoms with Crippen molar-refractivity contribution in [3.8, 4) is 11.8 Å². The summed E-state index contributed by atoms with van der Waals surface area (Å²) in [5.41, 5.74) is 1.74. The molecule has 6 heteroatoms. The van der Waals surface area contributed by atoms with Crippen molar-refractivity contribution in [2.45, 2.75) is 52.2 Å². The molecule has 2 aromatic rings. The number of hydrogen-bond acceptors (Lipinski definition) is 5. The highest BCUT2D eigenvalue weighted by molar-refractivity contribution is 5.94. The predicted octanol–water partition coefficient (Wildman–Crippen LogP) is 3.51. The van der Waals surface area contributed by atoms with Crippen molar-refractivity contribution in [1.82, 2.24) is 14.9 Å². The number of amides is 1. The Bertz CT molecular complexity index is 744. The monoisotopic (exact) mass is 369 g/mol. The van der Waals surface area contributed by atoms with E-state index in [2.05, 4.69) is 16.9 Å². The number of piperidine rings is 1. The van der Waals surface area contributed by atoms with Crippen LogP contribution in [-0.4, -0.2) is 46.1 Å². The molecule has 0 radical (unpaired) electrons. The van der Waals surface area contributed by atoms with Gasteiger partial charge in [-0.15, -0.1) is 0 Å². The topological polar surface area (TPSA) is 64.5 Å². The fourth-order valence-corrected chi connectivity index (χ4v) is 3.09. The summed E-state index contributed by atoms with van der Waals surface area (Å²) in [6.07, 6.45) is 6.29. The highest BCUT2D eigenvalue weighted by Crippen LogP contribution is 2.19. The Labute approximate surface area is 160 Å². The second kappa shape index (κ2) is 8.84. The van der Waals surface area contributed by atoms with Gasteiger partial charge in [-0.3, -0.25) is 4.79 Å². The Morgan fingerprint density at radius 3 is 2.56 bits per heavy atom. The molecule has 0 saturated carbocycles. The Morgan fingerprint density at radius 1 is 1.22 bits per heavy atom. The van der Waals surface area contributed by atoms with Gasteiger partial charge in [-0.2, -0.15) is 0 Å². The maximum absolute atomic E-state index is 12.8. The van der Waals surface area contributed by atoms with Gasteiger partial charge in [0.1, 0.15) is 11.9 Å². The number of carbonyl (C=O) groups excluding carboxylic acids is 1. The van der Waals surface area contributed by atoms with E-state index in [0.29, 0.717) is 18.1 Å². The third-order valence-electron chi connectivity index (χ3n) is 4.50. The molecule has 1 atom stereocenters. The second-order valence-corrected chi connectivity index (χ2v) is 7.05. The van der Waals surface area contributed by atoms with E-state index in [1.165, 1.54) is 0 Å². The number of likely N-dealkylation sites (tertiary alicyclic amines) is 1. The van der Waals surface area contributed by atoms with Crippen LogP contribution < -0.4 is 9.47 Å². The first-order valence-electron chi connectivity index (χ1n) is 9.58. The minimum absolute atomic E-state index is 0.0154. The molecular weight excluding hydrogens is 342 g/mol. The van der Waals surface area contributed by atoms with Crippen molar-refractivity contribution < 1.29 is 14.3 Å². The molecule has 144 valence electrons. The van der Waals surface area contributed by atoms with Crippen LogP contribution in [-0.2, 0) is 6.42 Å². The summed E-state index contributed by atoms with van der Waals surface area (Å²) in [7, 11) is 0. The molecule has 0 N–H and O–H groups in total. The molecule has 1 aromatic heterocycles. The summed E-state index contributed by atoms with van der Waals surface area (Å²) in [6.45, 7) is 7.30. The summed E-state index contributed by atoms with van der Waals surface area (Å²) in [5.74, 6) is 0.788. The van der Waals surface area contributed by atoms with Gasteiger partial charge in [0.25, 0.3) is 5.91 Å². The van der Waals surface area contributed by atoms with Crippen LogP contribution in [0.15, 0.2) is 36.7 Å². The van der Waals surface area contributed by atoms with Crippen molar-refractivity contribution in [2.24, 2.45) is 0 Å². The van der Waals surface area contributed by atoms with E-state index < -0.39 is 0 Å². The predicted molar refractivity (Wildman–Crippen MR) is 103 cm³/mol. The van der Waals surface area contributed by atoms with Gasteiger partial charge in [-0.05, 0) is 62.9 Å². The van der Waals surface area contributed by atoms with Gasteiger partial charge in [-0.1, -0.05) is 6.92 Å². The molecule has 6 nitrogen and oxygen atoms in total. The molecule has 1 aliphatic rings. The maximum atomic E-state index is 12.8. The lowest BCUT2D eigenvalue weighted by Crippen LogP contribution is -2.44. The molecule has 27 heavy (non-hydrogen) atoms. The zero-order valence-electron chi connectivity index (χ0n) is 16.2. The first-order valence-corrected chi connectivity index (χ1v) is 9.58. The molecule has 1 unspecified atom stereocenters. The van der Waals surface area contributed by atoms with Crippen molar-refractivity contribution in [1.29, 1.82) is 0 Å². The van der Waals surface area contributed by atoms with Crippen molar-refractivity contribution in [3.63, 3.8) is 0 Å². The third kappa shape index (κ3) is 5.18. The lowest BCUT2D eigenvalue weighted by Gasteiger charge is -2.32. The smallest absolute Gasteiger partial charge is 0.316 e. The standard InChI is InChI=1S/C21H27N3O3/c1-4-16-12-22-21(23-13-16)27-19-6-5-11-24(14-19)20(25)17-7-9-18(10-8-17)26-15(2)3/h7-10,12-13,15,19H,4-6,11,14H2,1-3H3. The lowest BCUT2D eigenvalue weighted by molar-refractivity contribution is 0.0515. The van der Waals surface area contributed by atoms with E-state index >= 15 is 0 Å². The van der Waals surface area contributed by atoms with Crippen LogP contribution >= 0.6 is 0 Å². The summed E-state index contributed by atoms with van der Waals surface area (Å²) in [5, 5.41) is 0.